The minimum Gasteiger partial charge on any atom is -1.00 e. The number of nitrogens with zero attached hydrogens (tertiary/aromatic N) is 3. The third kappa shape index (κ3) is 272. The van der Waals surface area contributed by atoms with Gasteiger partial charge in [-0.2, -0.15) is 0 Å². The zero-order chi connectivity index (χ0) is 10.7. The van der Waals surface area contributed by atoms with Crippen LogP contribution in [0, 0.1) is 30.3 Å². The molecule has 0 rings (SSSR count). The van der Waals surface area contributed by atoms with E-state index in [9.17, 15) is 0 Å². The van der Waals surface area contributed by atoms with Crippen LogP contribution in [-0.4, -0.2) is 53.9 Å². The van der Waals surface area contributed by atoms with Crippen LogP contribution in [0.5, 0.6) is 0 Å². The first-order chi connectivity index (χ1) is 5.20. The Morgan fingerprint density at radius 3 is 0.769 bits per heavy atom. The number of rotatable bonds is 0. The van der Waals surface area contributed by atoms with Crippen molar-refractivity contribution in [2.45, 2.75) is 0 Å². The molecule has 0 aromatic rings. The summed E-state index contributed by atoms with van der Waals surface area (Å²) in [6.07, 6.45) is 0. The molecule has 0 aliphatic carbocycles. The van der Waals surface area contributed by atoms with Crippen LogP contribution < -0.4 is 0 Å². The van der Waals surface area contributed by atoms with Gasteiger partial charge < -0.3 is 18.5 Å². The van der Waals surface area contributed by atoms with Crippen molar-refractivity contribution >= 4 is 23.1 Å². The summed E-state index contributed by atoms with van der Waals surface area (Å²) in [6, 6.07) is 0. The Balaban J connectivity index is -0.0000000184. The average molecular weight is 215 g/mol. The molecular weight excluding hydrogens is 210 g/mol. The van der Waals surface area contributed by atoms with Gasteiger partial charge in [-0.05, 0) is 0 Å². The van der Waals surface area contributed by atoms with Gasteiger partial charge in [0.2, 0.25) is 0 Å². The molecule has 0 saturated heterocycles. The van der Waals surface area contributed by atoms with Gasteiger partial charge in [0.05, 0.1) is 0 Å². The van der Waals surface area contributed by atoms with Crippen LogP contribution in [0.1, 0.15) is 2.85 Å². The third-order valence-corrected chi connectivity index (χ3v) is 0. The molecule has 0 amide bonds. The Bertz CT molecular complexity index is 121. The van der Waals surface area contributed by atoms with Crippen LogP contribution in [0.3, 0.4) is 0 Å². The van der Waals surface area contributed by atoms with Crippen molar-refractivity contribution in [3.05, 3.63) is 30.3 Å². The molecule has 0 aromatic heterocycles. The summed E-state index contributed by atoms with van der Waals surface area (Å²) in [5.74, 6) is 0. The Morgan fingerprint density at radius 1 is 0.769 bits per heavy atom. The van der Waals surface area contributed by atoms with Crippen LogP contribution in [0.15, 0.2) is 0 Å². The van der Waals surface area contributed by atoms with Crippen LogP contribution in [-0.2, 0) is 0 Å². The topological polar surface area (TPSA) is 190 Å². The monoisotopic (exact) mass is 215 g/mol. The average Bonchev–Trinajstić information content (AvgIpc) is 1.54. The van der Waals surface area contributed by atoms with Crippen molar-refractivity contribution < 1.29 is 33.7 Å². The van der Waals surface area contributed by atoms with Crippen molar-refractivity contribution in [3.8, 4) is 0 Å². The quantitative estimate of drug-likeness (QED) is 0.253. The Kier molecular flexibility index (Phi) is 29.0. The third-order valence-electron chi connectivity index (χ3n) is 0. The Labute approximate surface area is 87.8 Å². The van der Waals surface area contributed by atoms with Crippen LogP contribution >= 0.6 is 0 Å². The normalized spacial score (nSPS) is 5.54. The summed E-state index contributed by atoms with van der Waals surface area (Å²) in [5, 5.41) is 40.9. The van der Waals surface area contributed by atoms with Gasteiger partial charge in [0, 0.05) is 0 Å². The Hall–Kier alpha value is -1.63. The van der Waals surface area contributed by atoms with E-state index in [1.54, 1.807) is 0 Å². The van der Waals surface area contributed by atoms with Crippen LogP contribution in [0.25, 0.3) is 0 Å². The summed E-state index contributed by atoms with van der Waals surface area (Å²) in [4.78, 5) is 25.1. The molecule has 0 saturated carbocycles. The second-order valence-electron chi connectivity index (χ2n) is 0.714. The first kappa shape index (κ1) is 22.5. The molecule has 0 heterocycles. The smallest absolute Gasteiger partial charge is 1.00 e. The van der Waals surface area contributed by atoms with Gasteiger partial charge in [-0.3, -0.25) is 0 Å². The fraction of sp³-hybridized carbons (Fsp3) is 0. The summed E-state index contributed by atoms with van der Waals surface area (Å²) in [7, 11) is 0. The second-order valence-corrected chi connectivity index (χ2v) is 0.714. The Morgan fingerprint density at radius 2 is 0.769 bits per heavy atom. The first-order valence-corrected chi connectivity index (χ1v) is 1.70. The molecule has 0 aliphatic rings. The molecule has 0 unspecified atom stereocenters. The van der Waals surface area contributed by atoms with Gasteiger partial charge in [-0.15, -0.1) is 30.3 Å². The van der Waals surface area contributed by atoms with Gasteiger partial charge in [0.1, 0.15) is 0 Å². The standard InChI is InChI=1S/Mg.3HNO3.2H/c;3*2-1(3)4;;/h;3*(H,2,3,4);;/q+2;;;;2*-1. The molecule has 0 aromatic carbocycles. The fourth-order valence-corrected chi connectivity index (χ4v) is 0. The van der Waals surface area contributed by atoms with Crippen LogP contribution in [0.4, 0.5) is 0 Å². The van der Waals surface area contributed by atoms with E-state index >= 15 is 0 Å². The summed E-state index contributed by atoms with van der Waals surface area (Å²) < 4.78 is 0. The molecule has 0 radical (unpaired) electrons. The SMILES string of the molecule is O=[N+]([O-])O.O=[N+]([O-])O.O=[N+]([O-])O.[H-].[H-].[Mg+2]. The van der Waals surface area contributed by atoms with Gasteiger partial charge in [0.15, 0.2) is 0 Å². The van der Waals surface area contributed by atoms with Gasteiger partial charge in [-0.1, -0.05) is 0 Å². The zero-order valence-corrected chi connectivity index (χ0v) is 7.25. The van der Waals surface area contributed by atoms with E-state index in [1.165, 1.54) is 0 Å². The van der Waals surface area contributed by atoms with Crippen molar-refractivity contribution in [3.63, 3.8) is 0 Å². The molecule has 0 bridgehead atoms. The van der Waals surface area contributed by atoms with E-state index < -0.39 is 15.3 Å². The summed E-state index contributed by atoms with van der Waals surface area (Å²) >= 11 is 0. The van der Waals surface area contributed by atoms with Crippen molar-refractivity contribution in [2.24, 2.45) is 0 Å². The first-order valence-electron chi connectivity index (χ1n) is 1.70. The molecule has 76 valence electrons. The maximum atomic E-state index is 8.36. The molecular formula is H5MgN3O9. The van der Waals surface area contributed by atoms with E-state index in [0.29, 0.717) is 0 Å². The molecule has 13 heteroatoms. The largest absolute Gasteiger partial charge is 2.00 e. The van der Waals surface area contributed by atoms with Crippen molar-refractivity contribution in [2.75, 3.05) is 0 Å². The molecule has 0 aliphatic heterocycles. The number of hydrogen-bond donors (Lipinski definition) is 3. The summed E-state index contributed by atoms with van der Waals surface area (Å²) in [6.45, 7) is 0. The van der Waals surface area contributed by atoms with E-state index in [4.69, 9.17) is 46.0 Å². The molecule has 0 atom stereocenters. The molecule has 13 heavy (non-hydrogen) atoms. The minimum absolute atomic E-state index is 0. The van der Waals surface area contributed by atoms with E-state index in [2.05, 4.69) is 0 Å². The van der Waals surface area contributed by atoms with Crippen molar-refractivity contribution in [1.29, 1.82) is 0 Å². The maximum Gasteiger partial charge on any atom is 2.00 e. The predicted molar refractivity (Wildman–Crippen MR) is 34.3 cm³/mol. The molecule has 3 N–H and O–H groups in total. The second kappa shape index (κ2) is 16.8. The molecule has 0 fully saturated rings. The van der Waals surface area contributed by atoms with E-state index in [-0.39, 0.29) is 25.9 Å². The summed E-state index contributed by atoms with van der Waals surface area (Å²) in [5.41, 5.74) is 0. The minimum atomic E-state index is -1.50. The van der Waals surface area contributed by atoms with Crippen LogP contribution in [0.2, 0.25) is 0 Å². The van der Waals surface area contributed by atoms with Crippen molar-refractivity contribution in [1.82, 2.24) is 0 Å². The molecule has 0 spiro atoms. The maximum absolute atomic E-state index is 8.36. The molecule has 12 nitrogen and oxygen atoms in total. The van der Waals surface area contributed by atoms with Gasteiger partial charge in [-0.25, -0.2) is 0 Å². The van der Waals surface area contributed by atoms with Gasteiger partial charge >= 0.3 is 23.1 Å². The number of hydrogen-bond acceptors (Lipinski definition) is 6. The van der Waals surface area contributed by atoms with E-state index in [0.717, 1.165) is 0 Å². The van der Waals surface area contributed by atoms with Gasteiger partial charge in [0.25, 0.3) is 15.3 Å². The predicted octanol–water partition coefficient (Wildman–Crippen LogP) is -1.20. The fourth-order valence-electron chi connectivity index (χ4n) is 0. The zero-order valence-electron chi connectivity index (χ0n) is 7.84. The van der Waals surface area contributed by atoms with E-state index in [1.807, 2.05) is 0 Å².